The average molecular weight is 243 g/mol. The molecule has 0 spiro atoms. The van der Waals surface area contributed by atoms with E-state index in [0.717, 1.165) is 15.5 Å². The molecule has 1 fully saturated rings. The molecule has 1 aromatic rings. The van der Waals surface area contributed by atoms with E-state index in [1.807, 2.05) is 11.8 Å². The van der Waals surface area contributed by atoms with Gasteiger partial charge in [0.2, 0.25) is 5.13 Å². The van der Waals surface area contributed by atoms with Gasteiger partial charge in [-0.3, -0.25) is 0 Å². The summed E-state index contributed by atoms with van der Waals surface area (Å²) in [5.41, 5.74) is 5.58. The Morgan fingerprint density at radius 3 is 2.87 bits per heavy atom. The summed E-state index contributed by atoms with van der Waals surface area (Å²) in [6, 6.07) is 0. The van der Waals surface area contributed by atoms with Crippen LogP contribution in [0.4, 0.5) is 5.13 Å². The lowest BCUT2D eigenvalue weighted by Gasteiger charge is -2.29. The van der Waals surface area contributed by atoms with Crippen molar-refractivity contribution in [1.82, 2.24) is 10.2 Å². The van der Waals surface area contributed by atoms with Gasteiger partial charge in [0.1, 0.15) is 0 Å². The number of rotatable bonds is 3. The smallest absolute Gasteiger partial charge is 0.203 e. The third-order valence-electron chi connectivity index (χ3n) is 3.04. The van der Waals surface area contributed by atoms with Crippen molar-refractivity contribution in [2.45, 2.75) is 48.6 Å². The van der Waals surface area contributed by atoms with E-state index in [1.54, 1.807) is 0 Å². The Morgan fingerprint density at radius 2 is 2.20 bits per heavy atom. The third kappa shape index (κ3) is 2.84. The van der Waals surface area contributed by atoms with Crippen molar-refractivity contribution >= 4 is 28.2 Å². The molecule has 2 N–H and O–H groups in total. The number of nitrogens with zero attached hydrogens (tertiary/aromatic N) is 2. The summed E-state index contributed by atoms with van der Waals surface area (Å²) in [4.78, 5) is 0. The molecule has 1 aliphatic rings. The maximum absolute atomic E-state index is 5.58. The van der Waals surface area contributed by atoms with Crippen LogP contribution in [0.2, 0.25) is 0 Å². The summed E-state index contributed by atoms with van der Waals surface area (Å²) >= 11 is 3.40. The van der Waals surface area contributed by atoms with E-state index < -0.39 is 0 Å². The van der Waals surface area contributed by atoms with Crippen molar-refractivity contribution in [1.29, 1.82) is 0 Å². The first-order valence-corrected chi connectivity index (χ1v) is 7.25. The van der Waals surface area contributed by atoms with E-state index in [4.69, 9.17) is 5.73 Å². The van der Waals surface area contributed by atoms with Gasteiger partial charge in [-0.1, -0.05) is 49.3 Å². The second kappa shape index (κ2) is 5.16. The zero-order valence-corrected chi connectivity index (χ0v) is 10.6. The van der Waals surface area contributed by atoms with Crippen LogP contribution in [0.5, 0.6) is 0 Å². The highest BCUT2D eigenvalue weighted by Crippen LogP contribution is 2.39. The molecule has 2 unspecified atom stereocenters. The van der Waals surface area contributed by atoms with Crippen LogP contribution in [-0.2, 0) is 0 Å². The molecule has 1 heterocycles. The zero-order chi connectivity index (χ0) is 10.7. The molecular weight excluding hydrogens is 226 g/mol. The molecular formula is C10H17N3S2. The highest BCUT2D eigenvalue weighted by Gasteiger charge is 2.25. The molecule has 3 nitrogen and oxygen atoms in total. The molecule has 5 heteroatoms. The van der Waals surface area contributed by atoms with E-state index >= 15 is 0 Å². The first-order valence-electron chi connectivity index (χ1n) is 5.55. The number of nitrogens with two attached hydrogens (primary N) is 1. The van der Waals surface area contributed by atoms with Gasteiger partial charge in [0.05, 0.1) is 0 Å². The molecule has 15 heavy (non-hydrogen) atoms. The van der Waals surface area contributed by atoms with Crippen LogP contribution < -0.4 is 5.73 Å². The Balaban J connectivity index is 1.97. The second-order valence-corrected chi connectivity index (χ2v) is 6.51. The molecule has 84 valence electrons. The minimum atomic E-state index is 0.585. The van der Waals surface area contributed by atoms with Crippen LogP contribution >= 0.6 is 23.1 Å². The van der Waals surface area contributed by atoms with Gasteiger partial charge in [0.15, 0.2) is 4.34 Å². The molecule has 1 saturated carbocycles. The Hall–Kier alpha value is -0.290. The fraction of sp³-hybridized carbons (Fsp3) is 0.800. The van der Waals surface area contributed by atoms with E-state index in [-0.39, 0.29) is 0 Å². The highest BCUT2D eigenvalue weighted by atomic mass is 32.2. The summed E-state index contributed by atoms with van der Waals surface area (Å²) < 4.78 is 1.04. The fourth-order valence-electron chi connectivity index (χ4n) is 2.19. The van der Waals surface area contributed by atoms with Crippen molar-refractivity contribution in [2.75, 3.05) is 5.73 Å². The van der Waals surface area contributed by atoms with E-state index in [2.05, 4.69) is 17.1 Å². The molecule has 0 radical (unpaired) electrons. The molecule has 2 atom stereocenters. The monoisotopic (exact) mass is 243 g/mol. The molecule has 0 aromatic carbocycles. The van der Waals surface area contributed by atoms with Gasteiger partial charge in [-0.25, -0.2) is 0 Å². The maximum atomic E-state index is 5.58. The molecule has 0 aliphatic heterocycles. The second-order valence-electron chi connectivity index (χ2n) is 4.02. The van der Waals surface area contributed by atoms with Gasteiger partial charge >= 0.3 is 0 Å². The van der Waals surface area contributed by atoms with Gasteiger partial charge in [0.25, 0.3) is 0 Å². The third-order valence-corrected chi connectivity index (χ3v) is 5.33. The minimum absolute atomic E-state index is 0.585. The van der Waals surface area contributed by atoms with Gasteiger partial charge in [0, 0.05) is 5.25 Å². The lowest BCUT2D eigenvalue weighted by atomic mass is 9.87. The van der Waals surface area contributed by atoms with Crippen molar-refractivity contribution in [3.63, 3.8) is 0 Å². The minimum Gasteiger partial charge on any atom is -0.374 e. The van der Waals surface area contributed by atoms with Gasteiger partial charge in [-0.05, 0) is 18.8 Å². The number of aromatic nitrogens is 2. The van der Waals surface area contributed by atoms with Crippen molar-refractivity contribution in [2.24, 2.45) is 5.92 Å². The predicted molar refractivity (Wildman–Crippen MR) is 66.2 cm³/mol. The summed E-state index contributed by atoms with van der Waals surface area (Å²) in [5.74, 6) is 0.855. The van der Waals surface area contributed by atoms with E-state index in [0.29, 0.717) is 5.13 Å². The molecule has 1 aliphatic carbocycles. The van der Waals surface area contributed by atoms with Crippen LogP contribution in [-0.4, -0.2) is 15.4 Å². The quantitative estimate of drug-likeness (QED) is 0.886. The Labute approximate surface area is 98.9 Å². The summed E-state index contributed by atoms with van der Waals surface area (Å²) in [7, 11) is 0. The Kier molecular flexibility index (Phi) is 3.86. The Morgan fingerprint density at radius 1 is 1.40 bits per heavy atom. The SMILES string of the molecule is CCC1CCCCC1Sc1nnc(N)s1. The van der Waals surface area contributed by atoms with Crippen LogP contribution in [0.3, 0.4) is 0 Å². The number of anilines is 1. The molecule has 0 amide bonds. The van der Waals surface area contributed by atoms with Crippen LogP contribution in [0.25, 0.3) is 0 Å². The standard InChI is InChI=1S/C10H17N3S2/c1-2-7-5-3-4-6-8(7)14-10-13-12-9(11)15-10/h7-8H,2-6H2,1H3,(H2,11,12). The molecule has 1 aromatic heterocycles. The van der Waals surface area contributed by atoms with Crippen molar-refractivity contribution in [3.8, 4) is 0 Å². The largest absolute Gasteiger partial charge is 0.374 e. The molecule has 2 rings (SSSR count). The first-order chi connectivity index (χ1) is 7.29. The normalized spacial score (nSPS) is 26.7. The predicted octanol–water partition coefficient (Wildman–Crippen LogP) is 3.18. The van der Waals surface area contributed by atoms with Crippen LogP contribution in [0.15, 0.2) is 4.34 Å². The van der Waals surface area contributed by atoms with Gasteiger partial charge < -0.3 is 5.73 Å². The summed E-state index contributed by atoms with van der Waals surface area (Å²) in [6.45, 7) is 2.29. The summed E-state index contributed by atoms with van der Waals surface area (Å²) in [6.07, 6.45) is 6.74. The lowest BCUT2D eigenvalue weighted by molar-refractivity contribution is 0.361. The zero-order valence-electron chi connectivity index (χ0n) is 8.98. The van der Waals surface area contributed by atoms with Gasteiger partial charge in [-0.2, -0.15) is 0 Å². The van der Waals surface area contributed by atoms with E-state index in [1.165, 1.54) is 43.4 Å². The topological polar surface area (TPSA) is 51.8 Å². The average Bonchev–Trinajstić information content (AvgIpc) is 2.65. The fourth-order valence-corrected chi connectivity index (χ4v) is 4.51. The van der Waals surface area contributed by atoms with E-state index in [9.17, 15) is 0 Å². The van der Waals surface area contributed by atoms with Crippen LogP contribution in [0.1, 0.15) is 39.0 Å². The number of nitrogen functional groups attached to an aromatic ring is 1. The number of hydrogen-bond acceptors (Lipinski definition) is 5. The highest BCUT2D eigenvalue weighted by molar-refractivity contribution is 8.01. The number of thioether (sulfide) groups is 1. The van der Waals surface area contributed by atoms with Gasteiger partial charge in [-0.15, -0.1) is 10.2 Å². The maximum Gasteiger partial charge on any atom is 0.203 e. The Bertz CT molecular complexity index is 313. The molecule has 0 saturated heterocycles. The van der Waals surface area contributed by atoms with Crippen molar-refractivity contribution in [3.05, 3.63) is 0 Å². The first kappa shape index (κ1) is 11.2. The lowest BCUT2D eigenvalue weighted by Crippen LogP contribution is -2.20. The van der Waals surface area contributed by atoms with Crippen molar-refractivity contribution < 1.29 is 0 Å². The molecule has 0 bridgehead atoms. The number of hydrogen-bond donors (Lipinski definition) is 1. The van der Waals surface area contributed by atoms with Crippen LogP contribution in [0, 0.1) is 5.92 Å². The summed E-state index contributed by atoms with van der Waals surface area (Å²) in [5, 5.41) is 9.26.